The van der Waals surface area contributed by atoms with Gasteiger partial charge in [-0.3, -0.25) is 4.98 Å². The van der Waals surface area contributed by atoms with Crippen LogP contribution < -0.4 is 4.90 Å². The van der Waals surface area contributed by atoms with Crippen LogP contribution in [0.4, 0.5) is 5.69 Å². The predicted molar refractivity (Wildman–Crippen MR) is 93.7 cm³/mol. The summed E-state index contributed by atoms with van der Waals surface area (Å²) < 4.78 is 2.20. The number of anilines is 1. The first kappa shape index (κ1) is 14.7. The molecule has 0 spiro atoms. The van der Waals surface area contributed by atoms with E-state index in [1.807, 2.05) is 30.9 Å². The molecular formula is C19H19N5. The Hall–Kier alpha value is -2.87. The van der Waals surface area contributed by atoms with Crippen molar-refractivity contribution >= 4 is 16.6 Å². The quantitative estimate of drug-likeness (QED) is 0.727. The Balaban J connectivity index is 1.75. The molecule has 0 bridgehead atoms. The Morgan fingerprint density at radius 3 is 2.92 bits per heavy atom. The van der Waals surface area contributed by atoms with E-state index in [4.69, 9.17) is 0 Å². The number of imidazole rings is 1. The summed E-state index contributed by atoms with van der Waals surface area (Å²) in [5.41, 5.74) is 2.58. The molecule has 5 nitrogen and oxygen atoms in total. The molecule has 3 heterocycles. The van der Waals surface area contributed by atoms with Crippen molar-refractivity contribution < 1.29 is 0 Å². The fraction of sp³-hybridized carbons (Fsp3) is 0.316. The van der Waals surface area contributed by atoms with Crippen molar-refractivity contribution in [1.82, 2.24) is 14.5 Å². The van der Waals surface area contributed by atoms with Crippen LogP contribution in [0, 0.1) is 17.2 Å². The van der Waals surface area contributed by atoms with Crippen LogP contribution in [0.25, 0.3) is 10.9 Å². The maximum Gasteiger partial charge on any atom is 0.101 e. The summed E-state index contributed by atoms with van der Waals surface area (Å²) in [5, 5.41) is 10.4. The Morgan fingerprint density at radius 1 is 1.21 bits per heavy atom. The Kier molecular flexibility index (Phi) is 3.66. The molecule has 0 radical (unpaired) electrons. The van der Waals surface area contributed by atoms with Crippen LogP contribution in [0.2, 0.25) is 0 Å². The molecule has 2 unspecified atom stereocenters. The average molecular weight is 317 g/mol. The highest BCUT2D eigenvalue weighted by molar-refractivity contribution is 5.95. The number of hydrogen-bond acceptors (Lipinski definition) is 4. The van der Waals surface area contributed by atoms with Gasteiger partial charge in [-0.15, -0.1) is 0 Å². The van der Waals surface area contributed by atoms with E-state index in [-0.39, 0.29) is 0 Å². The van der Waals surface area contributed by atoms with Crippen LogP contribution in [-0.2, 0) is 0 Å². The highest BCUT2D eigenvalue weighted by atomic mass is 15.2. The number of hydrogen-bond donors (Lipinski definition) is 0. The summed E-state index contributed by atoms with van der Waals surface area (Å²) >= 11 is 0. The number of nitriles is 1. The zero-order valence-corrected chi connectivity index (χ0v) is 13.6. The molecule has 2 atom stereocenters. The van der Waals surface area contributed by atoms with E-state index in [0.29, 0.717) is 17.5 Å². The highest BCUT2D eigenvalue weighted by Gasteiger charge is 2.27. The van der Waals surface area contributed by atoms with Gasteiger partial charge in [0.25, 0.3) is 0 Å². The second kappa shape index (κ2) is 5.97. The third-order valence-electron chi connectivity index (χ3n) is 4.79. The van der Waals surface area contributed by atoms with Crippen molar-refractivity contribution in [2.45, 2.75) is 19.4 Å². The van der Waals surface area contributed by atoms with Gasteiger partial charge in [0.2, 0.25) is 0 Å². The first-order valence-corrected chi connectivity index (χ1v) is 8.26. The second-order valence-electron chi connectivity index (χ2n) is 6.55. The van der Waals surface area contributed by atoms with Crippen molar-refractivity contribution in [1.29, 1.82) is 5.26 Å². The van der Waals surface area contributed by atoms with Gasteiger partial charge in [0.05, 0.1) is 23.4 Å². The molecule has 1 saturated heterocycles. The third-order valence-corrected chi connectivity index (χ3v) is 4.79. The lowest BCUT2D eigenvalue weighted by atomic mass is 9.94. The number of pyridine rings is 1. The molecule has 5 heteroatoms. The molecule has 120 valence electrons. The summed E-state index contributed by atoms with van der Waals surface area (Å²) in [5.74, 6) is 0.591. The van der Waals surface area contributed by atoms with Crippen molar-refractivity contribution in [2.24, 2.45) is 5.92 Å². The van der Waals surface area contributed by atoms with Crippen molar-refractivity contribution in [2.75, 3.05) is 18.0 Å². The van der Waals surface area contributed by atoms with E-state index in [0.717, 1.165) is 36.1 Å². The average Bonchev–Trinajstić information content (AvgIpc) is 3.15. The minimum absolute atomic E-state index is 0.415. The van der Waals surface area contributed by atoms with Crippen LogP contribution >= 0.6 is 0 Å². The molecule has 0 N–H and O–H groups in total. The normalized spacial score (nSPS) is 20.9. The van der Waals surface area contributed by atoms with Gasteiger partial charge in [-0.1, -0.05) is 6.92 Å². The molecule has 0 aliphatic carbocycles. The Morgan fingerprint density at radius 2 is 2.12 bits per heavy atom. The summed E-state index contributed by atoms with van der Waals surface area (Å²) in [6.45, 7) is 4.25. The molecule has 1 aromatic carbocycles. The molecule has 2 aromatic heterocycles. The fourth-order valence-electron chi connectivity index (χ4n) is 3.74. The number of rotatable bonds is 2. The summed E-state index contributed by atoms with van der Waals surface area (Å²) in [6.07, 6.45) is 8.68. The molecule has 3 aromatic rings. The number of benzene rings is 1. The smallest absolute Gasteiger partial charge is 0.101 e. The van der Waals surface area contributed by atoms with E-state index in [1.165, 1.54) is 0 Å². The van der Waals surface area contributed by atoms with E-state index < -0.39 is 0 Å². The van der Waals surface area contributed by atoms with E-state index in [9.17, 15) is 5.26 Å². The van der Waals surface area contributed by atoms with Gasteiger partial charge in [0.15, 0.2) is 0 Å². The Bertz CT molecular complexity index is 894. The maximum atomic E-state index is 9.33. The number of aromatic nitrogens is 3. The molecule has 1 fully saturated rings. The first-order valence-electron chi connectivity index (χ1n) is 8.26. The van der Waals surface area contributed by atoms with Crippen LogP contribution in [0.15, 0.2) is 49.2 Å². The van der Waals surface area contributed by atoms with E-state index >= 15 is 0 Å². The first-order chi connectivity index (χ1) is 11.8. The summed E-state index contributed by atoms with van der Waals surface area (Å²) in [7, 11) is 0. The number of fused-ring (bicyclic) bond motifs is 1. The molecule has 24 heavy (non-hydrogen) atoms. The third kappa shape index (κ3) is 2.50. The van der Waals surface area contributed by atoms with Gasteiger partial charge >= 0.3 is 0 Å². The van der Waals surface area contributed by atoms with E-state index in [1.54, 1.807) is 6.20 Å². The zero-order chi connectivity index (χ0) is 16.5. The van der Waals surface area contributed by atoms with Gasteiger partial charge in [0.1, 0.15) is 6.07 Å². The summed E-state index contributed by atoms with van der Waals surface area (Å²) in [6, 6.07) is 10.6. The zero-order valence-electron chi connectivity index (χ0n) is 13.6. The SMILES string of the molecule is CC1CC(n2ccnc2)CN(c2ccc(C#N)c3ncccc23)C1. The minimum Gasteiger partial charge on any atom is -0.369 e. The van der Waals surface area contributed by atoms with Crippen molar-refractivity contribution in [3.8, 4) is 6.07 Å². The minimum atomic E-state index is 0.415. The van der Waals surface area contributed by atoms with Gasteiger partial charge in [-0.05, 0) is 36.6 Å². The monoisotopic (exact) mass is 317 g/mol. The predicted octanol–water partition coefficient (Wildman–Crippen LogP) is 3.39. The number of nitrogens with zero attached hydrogens (tertiary/aromatic N) is 5. The molecule has 4 rings (SSSR count). The molecule has 1 aliphatic rings. The number of piperidine rings is 1. The largest absolute Gasteiger partial charge is 0.369 e. The van der Waals surface area contributed by atoms with Crippen molar-refractivity contribution in [3.05, 3.63) is 54.7 Å². The molecule has 1 aliphatic heterocycles. The van der Waals surface area contributed by atoms with Crippen LogP contribution in [0.1, 0.15) is 24.9 Å². The topological polar surface area (TPSA) is 57.7 Å². The van der Waals surface area contributed by atoms with Gasteiger partial charge in [-0.25, -0.2) is 4.98 Å². The van der Waals surface area contributed by atoms with Crippen LogP contribution in [0.3, 0.4) is 0 Å². The second-order valence-corrected chi connectivity index (χ2v) is 6.55. The van der Waals surface area contributed by atoms with Gasteiger partial charge in [0, 0.05) is 42.8 Å². The maximum absolute atomic E-state index is 9.33. The van der Waals surface area contributed by atoms with E-state index in [2.05, 4.69) is 44.6 Å². The van der Waals surface area contributed by atoms with Gasteiger partial charge in [-0.2, -0.15) is 5.26 Å². The lowest BCUT2D eigenvalue weighted by Gasteiger charge is -2.39. The Labute approximate surface area is 141 Å². The van der Waals surface area contributed by atoms with Crippen molar-refractivity contribution in [3.63, 3.8) is 0 Å². The fourth-order valence-corrected chi connectivity index (χ4v) is 3.74. The molecule has 0 amide bonds. The highest BCUT2D eigenvalue weighted by Crippen LogP contribution is 2.34. The lowest BCUT2D eigenvalue weighted by Crippen LogP contribution is -2.40. The van der Waals surface area contributed by atoms with Gasteiger partial charge < -0.3 is 9.47 Å². The summed E-state index contributed by atoms with van der Waals surface area (Å²) in [4.78, 5) is 11.0. The molecule has 0 saturated carbocycles. The van der Waals surface area contributed by atoms with Crippen LogP contribution in [-0.4, -0.2) is 27.6 Å². The lowest BCUT2D eigenvalue weighted by molar-refractivity contribution is 0.333. The standard InChI is InChI=1S/C19H19N5/c1-14-9-16(23-8-7-21-13-23)12-24(11-14)18-5-4-15(10-20)19-17(18)3-2-6-22-19/h2-8,13-14,16H,9,11-12H2,1H3. The molecular weight excluding hydrogens is 298 g/mol. The van der Waals surface area contributed by atoms with Crippen LogP contribution in [0.5, 0.6) is 0 Å².